The van der Waals surface area contributed by atoms with Crippen LogP contribution >= 0.6 is 0 Å². The Morgan fingerprint density at radius 2 is 1.88 bits per heavy atom. The molecule has 6 heteroatoms. The van der Waals surface area contributed by atoms with Crippen LogP contribution in [-0.2, 0) is 18.3 Å². The molecule has 0 unspecified atom stereocenters. The van der Waals surface area contributed by atoms with Gasteiger partial charge < -0.3 is 14.8 Å². The zero-order valence-corrected chi connectivity index (χ0v) is 16.3. The highest BCUT2D eigenvalue weighted by Gasteiger charge is 2.22. The van der Waals surface area contributed by atoms with Crippen LogP contribution in [0.4, 0.5) is 0 Å². The maximum Gasteiger partial charge on any atom is 0.118 e. The van der Waals surface area contributed by atoms with E-state index in [2.05, 4.69) is 41.3 Å². The van der Waals surface area contributed by atoms with Crippen LogP contribution in [0.25, 0.3) is 0 Å². The van der Waals surface area contributed by atoms with Gasteiger partial charge in [-0.05, 0) is 31.5 Å². The molecule has 142 valence electrons. The van der Waals surface area contributed by atoms with Crippen molar-refractivity contribution in [3.63, 3.8) is 0 Å². The Morgan fingerprint density at radius 3 is 2.46 bits per heavy atom. The maximum absolute atomic E-state index is 5.54. The van der Waals surface area contributed by atoms with E-state index in [0.717, 1.165) is 50.8 Å². The SMILES string of the molecule is COc1ccc([C@@H](CNCc2c(C)nn(C)c2C)N2CCOCC2)cc1. The van der Waals surface area contributed by atoms with E-state index in [4.69, 9.17) is 9.47 Å². The Hall–Kier alpha value is -1.89. The summed E-state index contributed by atoms with van der Waals surface area (Å²) in [6.07, 6.45) is 0. The van der Waals surface area contributed by atoms with Crippen LogP contribution in [-0.4, -0.2) is 54.6 Å². The first kappa shape index (κ1) is 18.9. The van der Waals surface area contributed by atoms with E-state index in [9.17, 15) is 0 Å². The molecule has 1 fully saturated rings. The number of benzene rings is 1. The number of methoxy groups -OCH3 is 1. The molecule has 0 radical (unpaired) electrons. The quantitative estimate of drug-likeness (QED) is 0.822. The molecule has 1 N–H and O–H groups in total. The van der Waals surface area contributed by atoms with Crippen LogP contribution in [0.15, 0.2) is 24.3 Å². The molecule has 0 aliphatic carbocycles. The summed E-state index contributed by atoms with van der Waals surface area (Å²) in [7, 11) is 3.70. The molecule has 0 amide bonds. The number of nitrogens with zero attached hydrogens (tertiary/aromatic N) is 3. The molecule has 6 nitrogen and oxygen atoms in total. The molecule has 1 aliphatic rings. The molecule has 1 atom stereocenters. The minimum Gasteiger partial charge on any atom is -0.497 e. The van der Waals surface area contributed by atoms with Gasteiger partial charge in [-0.25, -0.2) is 0 Å². The molecule has 0 saturated carbocycles. The Morgan fingerprint density at radius 1 is 1.19 bits per heavy atom. The summed E-state index contributed by atoms with van der Waals surface area (Å²) in [6, 6.07) is 8.74. The van der Waals surface area contributed by atoms with Gasteiger partial charge >= 0.3 is 0 Å². The molecular weight excluding hydrogens is 328 g/mol. The first-order chi connectivity index (χ1) is 12.6. The third-order valence-electron chi connectivity index (χ3n) is 5.29. The number of morpholine rings is 1. The van der Waals surface area contributed by atoms with Gasteiger partial charge in [0, 0.05) is 50.5 Å². The second kappa shape index (κ2) is 8.66. The summed E-state index contributed by atoms with van der Waals surface area (Å²) < 4.78 is 12.8. The van der Waals surface area contributed by atoms with Gasteiger partial charge in [-0.1, -0.05) is 12.1 Å². The normalized spacial score (nSPS) is 16.6. The molecule has 0 spiro atoms. The highest BCUT2D eigenvalue weighted by molar-refractivity contribution is 5.30. The average molecular weight is 358 g/mol. The third-order valence-corrected chi connectivity index (χ3v) is 5.29. The van der Waals surface area contributed by atoms with Crippen molar-refractivity contribution in [1.82, 2.24) is 20.0 Å². The zero-order valence-electron chi connectivity index (χ0n) is 16.3. The molecule has 3 rings (SSSR count). The Bertz CT molecular complexity index is 705. The van der Waals surface area contributed by atoms with E-state index >= 15 is 0 Å². The standard InChI is InChI=1S/C20H30N4O2/c1-15-19(16(2)23(3)22-15)13-21-14-20(24-9-11-26-12-10-24)17-5-7-18(25-4)8-6-17/h5-8,20-21H,9-14H2,1-4H3/t20-/m1/s1. The van der Waals surface area contributed by atoms with E-state index in [1.54, 1.807) is 7.11 Å². The summed E-state index contributed by atoms with van der Waals surface area (Å²) in [6.45, 7) is 9.45. The summed E-state index contributed by atoms with van der Waals surface area (Å²) in [4.78, 5) is 2.50. The van der Waals surface area contributed by atoms with Gasteiger partial charge in [0.05, 0.1) is 26.0 Å². The average Bonchev–Trinajstić information content (AvgIpc) is 2.92. The van der Waals surface area contributed by atoms with Crippen LogP contribution in [0.1, 0.15) is 28.6 Å². The smallest absolute Gasteiger partial charge is 0.118 e. The molecule has 1 aliphatic heterocycles. The number of hydrogen-bond acceptors (Lipinski definition) is 5. The van der Waals surface area contributed by atoms with Crippen molar-refractivity contribution in [3.05, 3.63) is 46.8 Å². The molecule has 26 heavy (non-hydrogen) atoms. The second-order valence-corrected chi connectivity index (χ2v) is 6.84. The molecule has 0 bridgehead atoms. The predicted octanol–water partition coefficient (Wildman–Crippen LogP) is 2.21. The minimum atomic E-state index is 0.321. The molecule has 2 heterocycles. The topological polar surface area (TPSA) is 51.5 Å². The predicted molar refractivity (Wildman–Crippen MR) is 103 cm³/mol. The van der Waals surface area contributed by atoms with Crippen molar-refractivity contribution in [2.24, 2.45) is 7.05 Å². The molecule has 1 aromatic heterocycles. The Labute approximate surface area is 156 Å². The second-order valence-electron chi connectivity index (χ2n) is 6.84. The van der Waals surface area contributed by atoms with Gasteiger partial charge in [-0.15, -0.1) is 0 Å². The van der Waals surface area contributed by atoms with Gasteiger partial charge in [0.2, 0.25) is 0 Å². The van der Waals surface area contributed by atoms with Crippen molar-refractivity contribution in [1.29, 1.82) is 0 Å². The van der Waals surface area contributed by atoms with E-state index in [1.807, 2.05) is 23.9 Å². The van der Waals surface area contributed by atoms with Gasteiger partial charge in [-0.2, -0.15) is 5.10 Å². The lowest BCUT2D eigenvalue weighted by molar-refractivity contribution is 0.0161. The van der Waals surface area contributed by atoms with Crippen molar-refractivity contribution < 1.29 is 9.47 Å². The first-order valence-electron chi connectivity index (χ1n) is 9.25. The van der Waals surface area contributed by atoms with Crippen LogP contribution in [0.3, 0.4) is 0 Å². The highest BCUT2D eigenvalue weighted by atomic mass is 16.5. The lowest BCUT2D eigenvalue weighted by atomic mass is 10.0. The summed E-state index contributed by atoms with van der Waals surface area (Å²) in [5.74, 6) is 0.893. The lowest BCUT2D eigenvalue weighted by Crippen LogP contribution is -2.42. The van der Waals surface area contributed by atoms with Crippen molar-refractivity contribution >= 4 is 0 Å². The van der Waals surface area contributed by atoms with Crippen LogP contribution in [0, 0.1) is 13.8 Å². The third kappa shape index (κ3) is 4.26. The fourth-order valence-corrected chi connectivity index (χ4v) is 3.58. The zero-order chi connectivity index (χ0) is 18.5. The highest BCUT2D eigenvalue weighted by Crippen LogP contribution is 2.24. The van der Waals surface area contributed by atoms with Crippen molar-refractivity contribution in [2.75, 3.05) is 40.0 Å². The van der Waals surface area contributed by atoms with E-state index in [0.29, 0.717) is 6.04 Å². The van der Waals surface area contributed by atoms with E-state index in [-0.39, 0.29) is 0 Å². The maximum atomic E-state index is 5.54. The molecule has 2 aromatic rings. The largest absolute Gasteiger partial charge is 0.497 e. The number of hydrogen-bond donors (Lipinski definition) is 1. The minimum absolute atomic E-state index is 0.321. The number of nitrogens with one attached hydrogen (secondary N) is 1. The van der Waals surface area contributed by atoms with Crippen molar-refractivity contribution in [2.45, 2.75) is 26.4 Å². The first-order valence-corrected chi connectivity index (χ1v) is 9.25. The van der Waals surface area contributed by atoms with Gasteiger partial charge in [0.1, 0.15) is 5.75 Å². The number of aryl methyl sites for hydroxylation is 2. The molecule has 1 saturated heterocycles. The summed E-state index contributed by atoms with van der Waals surface area (Å²) in [5, 5.41) is 8.17. The van der Waals surface area contributed by atoms with E-state index < -0.39 is 0 Å². The van der Waals surface area contributed by atoms with Gasteiger partial charge in [-0.3, -0.25) is 9.58 Å². The lowest BCUT2D eigenvalue weighted by Gasteiger charge is -2.35. The van der Waals surface area contributed by atoms with Crippen molar-refractivity contribution in [3.8, 4) is 5.75 Å². The molecule has 1 aromatic carbocycles. The Kier molecular flexibility index (Phi) is 6.29. The van der Waals surface area contributed by atoms with E-state index in [1.165, 1.54) is 16.8 Å². The van der Waals surface area contributed by atoms with Crippen LogP contribution in [0.5, 0.6) is 5.75 Å². The monoisotopic (exact) mass is 358 g/mol. The number of ether oxygens (including phenoxy) is 2. The van der Waals surface area contributed by atoms with Gasteiger partial charge in [0.25, 0.3) is 0 Å². The van der Waals surface area contributed by atoms with Crippen LogP contribution in [0.2, 0.25) is 0 Å². The summed E-state index contributed by atoms with van der Waals surface area (Å²) >= 11 is 0. The van der Waals surface area contributed by atoms with Crippen LogP contribution < -0.4 is 10.1 Å². The fraction of sp³-hybridized carbons (Fsp3) is 0.550. The molecular formula is C20H30N4O2. The number of aromatic nitrogens is 2. The summed E-state index contributed by atoms with van der Waals surface area (Å²) in [5.41, 5.74) is 4.93. The number of rotatable bonds is 7. The van der Waals surface area contributed by atoms with Gasteiger partial charge in [0.15, 0.2) is 0 Å². The fourth-order valence-electron chi connectivity index (χ4n) is 3.58. The Balaban J connectivity index is 1.70.